The van der Waals surface area contributed by atoms with Crippen LogP contribution in [0.3, 0.4) is 0 Å². The minimum atomic E-state index is -0.598. The van der Waals surface area contributed by atoms with Crippen molar-refractivity contribution in [2.24, 2.45) is 0 Å². The van der Waals surface area contributed by atoms with Crippen LogP contribution in [-0.2, 0) is 18.9 Å². The molecule has 5 nitrogen and oxygen atoms in total. The van der Waals surface area contributed by atoms with E-state index in [1.54, 1.807) is 7.11 Å². The van der Waals surface area contributed by atoms with Gasteiger partial charge in [0.1, 0.15) is 12.2 Å². The largest absolute Gasteiger partial charge is 0.390 e. The molecule has 0 aromatic heterocycles. The summed E-state index contributed by atoms with van der Waals surface area (Å²) >= 11 is 0. The van der Waals surface area contributed by atoms with Crippen LogP contribution in [-0.4, -0.2) is 43.4 Å². The summed E-state index contributed by atoms with van der Waals surface area (Å²) in [6, 6.07) is 9.70. The molecule has 0 spiro atoms. The van der Waals surface area contributed by atoms with Gasteiger partial charge in [-0.1, -0.05) is 30.3 Å². The molecule has 104 valence electrons. The molecule has 2 aliphatic heterocycles. The molecule has 1 aromatic carbocycles. The van der Waals surface area contributed by atoms with Crippen molar-refractivity contribution in [1.29, 1.82) is 0 Å². The summed E-state index contributed by atoms with van der Waals surface area (Å²) in [5.41, 5.74) is 0.946. The Labute approximate surface area is 112 Å². The SMILES string of the molecule is COC1CC(O)[C@@H]2OC(c3ccccc3)OCC2O1. The molecule has 1 aromatic rings. The van der Waals surface area contributed by atoms with Crippen LogP contribution in [0.5, 0.6) is 0 Å². The van der Waals surface area contributed by atoms with Crippen molar-refractivity contribution in [3.8, 4) is 0 Å². The summed E-state index contributed by atoms with van der Waals surface area (Å²) in [4.78, 5) is 0. The molecule has 5 heteroatoms. The first-order valence-electron chi connectivity index (χ1n) is 6.46. The van der Waals surface area contributed by atoms with Gasteiger partial charge in [-0.05, 0) is 0 Å². The monoisotopic (exact) mass is 266 g/mol. The fourth-order valence-electron chi connectivity index (χ4n) is 2.52. The van der Waals surface area contributed by atoms with Crippen LogP contribution in [0.4, 0.5) is 0 Å². The number of rotatable bonds is 2. The second-order valence-electron chi connectivity index (χ2n) is 4.82. The molecular formula is C14H18O5. The molecular weight excluding hydrogens is 248 g/mol. The zero-order chi connectivity index (χ0) is 13.2. The van der Waals surface area contributed by atoms with Gasteiger partial charge in [0.15, 0.2) is 12.6 Å². The number of aliphatic hydroxyl groups excluding tert-OH is 1. The lowest BCUT2D eigenvalue weighted by atomic mass is 10.0. The lowest BCUT2D eigenvalue weighted by molar-refractivity contribution is -0.334. The van der Waals surface area contributed by atoms with Gasteiger partial charge < -0.3 is 24.1 Å². The highest BCUT2D eigenvalue weighted by Gasteiger charge is 2.43. The van der Waals surface area contributed by atoms with Crippen molar-refractivity contribution in [3.63, 3.8) is 0 Å². The first-order chi connectivity index (χ1) is 9.28. The minimum absolute atomic E-state index is 0.284. The van der Waals surface area contributed by atoms with E-state index in [1.807, 2.05) is 30.3 Å². The average molecular weight is 266 g/mol. The van der Waals surface area contributed by atoms with Crippen LogP contribution in [0.2, 0.25) is 0 Å². The smallest absolute Gasteiger partial charge is 0.184 e. The maximum atomic E-state index is 10.1. The topological polar surface area (TPSA) is 57.2 Å². The lowest BCUT2D eigenvalue weighted by Crippen LogP contribution is -2.55. The van der Waals surface area contributed by atoms with Crippen LogP contribution >= 0.6 is 0 Å². The van der Waals surface area contributed by atoms with Crippen molar-refractivity contribution in [2.75, 3.05) is 13.7 Å². The fraction of sp³-hybridized carbons (Fsp3) is 0.571. The minimum Gasteiger partial charge on any atom is -0.390 e. The van der Waals surface area contributed by atoms with E-state index in [0.717, 1.165) is 5.56 Å². The van der Waals surface area contributed by atoms with Gasteiger partial charge >= 0.3 is 0 Å². The first-order valence-corrected chi connectivity index (χ1v) is 6.46. The maximum Gasteiger partial charge on any atom is 0.184 e. The van der Waals surface area contributed by atoms with Gasteiger partial charge in [-0.2, -0.15) is 0 Å². The third-order valence-electron chi connectivity index (χ3n) is 3.53. The Balaban J connectivity index is 1.70. The van der Waals surface area contributed by atoms with Crippen molar-refractivity contribution < 1.29 is 24.1 Å². The van der Waals surface area contributed by atoms with E-state index < -0.39 is 18.7 Å². The van der Waals surface area contributed by atoms with E-state index in [1.165, 1.54) is 0 Å². The third kappa shape index (κ3) is 2.66. The van der Waals surface area contributed by atoms with Crippen LogP contribution in [0.1, 0.15) is 18.3 Å². The van der Waals surface area contributed by atoms with Crippen molar-refractivity contribution >= 4 is 0 Å². The number of hydrogen-bond donors (Lipinski definition) is 1. The van der Waals surface area contributed by atoms with Crippen molar-refractivity contribution in [3.05, 3.63) is 35.9 Å². The molecule has 2 heterocycles. The predicted octanol–water partition coefficient (Wildman–Crippen LogP) is 1.22. The van der Waals surface area contributed by atoms with Crippen LogP contribution in [0, 0.1) is 0 Å². The number of benzene rings is 1. The van der Waals surface area contributed by atoms with E-state index in [0.29, 0.717) is 13.0 Å². The summed E-state index contributed by atoms with van der Waals surface area (Å²) in [7, 11) is 1.56. The molecule has 3 rings (SSSR count). The van der Waals surface area contributed by atoms with E-state index >= 15 is 0 Å². The van der Waals surface area contributed by atoms with Crippen molar-refractivity contribution in [1.82, 2.24) is 0 Å². The standard InChI is InChI=1S/C14H18O5/c1-16-12-7-10(15)13-11(18-12)8-17-14(19-13)9-5-3-2-4-6-9/h2-6,10-15H,7-8H2,1H3/t10?,11?,12?,13-,14?/m0/s1. The summed E-state index contributed by atoms with van der Waals surface area (Å²) in [6.07, 6.45) is -1.67. The summed E-state index contributed by atoms with van der Waals surface area (Å²) in [5.74, 6) is 0. The molecule has 0 radical (unpaired) electrons. The highest BCUT2D eigenvalue weighted by Crippen LogP contribution is 2.33. The Morgan fingerprint density at radius 1 is 1.21 bits per heavy atom. The lowest BCUT2D eigenvalue weighted by Gasteiger charge is -2.43. The zero-order valence-electron chi connectivity index (χ0n) is 10.8. The van der Waals surface area contributed by atoms with Gasteiger partial charge in [0.2, 0.25) is 0 Å². The first kappa shape index (κ1) is 13.0. The number of hydrogen-bond acceptors (Lipinski definition) is 5. The van der Waals surface area contributed by atoms with Gasteiger partial charge in [0.05, 0.1) is 12.7 Å². The molecule has 0 saturated carbocycles. The molecule has 2 aliphatic rings. The molecule has 2 saturated heterocycles. The van der Waals surface area contributed by atoms with Crippen LogP contribution in [0.25, 0.3) is 0 Å². The Morgan fingerprint density at radius 3 is 2.74 bits per heavy atom. The van der Waals surface area contributed by atoms with E-state index in [2.05, 4.69) is 0 Å². The Bertz CT molecular complexity index is 410. The fourth-order valence-corrected chi connectivity index (χ4v) is 2.52. The summed E-state index contributed by atoms with van der Waals surface area (Å²) in [5, 5.41) is 10.1. The van der Waals surface area contributed by atoms with Crippen LogP contribution < -0.4 is 0 Å². The van der Waals surface area contributed by atoms with E-state index in [-0.39, 0.29) is 12.2 Å². The molecule has 5 atom stereocenters. The Kier molecular flexibility index (Phi) is 3.81. The third-order valence-corrected chi connectivity index (χ3v) is 3.53. The highest BCUT2D eigenvalue weighted by atomic mass is 16.7. The second-order valence-corrected chi connectivity index (χ2v) is 4.82. The maximum absolute atomic E-state index is 10.1. The normalized spacial score (nSPS) is 38.7. The van der Waals surface area contributed by atoms with Gasteiger partial charge in [0, 0.05) is 19.1 Å². The molecule has 19 heavy (non-hydrogen) atoms. The highest BCUT2D eigenvalue weighted by molar-refractivity contribution is 5.16. The molecule has 0 aliphatic carbocycles. The summed E-state index contributed by atoms with van der Waals surface area (Å²) in [6.45, 7) is 0.390. The number of ether oxygens (including phenoxy) is 4. The van der Waals surface area contributed by atoms with E-state index in [4.69, 9.17) is 18.9 Å². The number of fused-ring (bicyclic) bond motifs is 1. The zero-order valence-corrected chi connectivity index (χ0v) is 10.8. The number of aliphatic hydroxyl groups is 1. The summed E-state index contributed by atoms with van der Waals surface area (Å²) < 4.78 is 22.3. The molecule has 1 N–H and O–H groups in total. The van der Waals surface area contributed by atoms with Gasteiger partial charge in [-0.3, -0.25) is 0 Å². The van der Waals surface area contributed by atoms with Crippen molar-refractivity contribution in [2.45, 2.75) is 37.3 Å². The average Bonchev–Trinajstić information content (AvgIpc) is 2.47. The van der Waals surface area contributed by atoms with Crippen LogP contribution in [0.15, 0.2) is 30.3 Å². The van der Waals surface area contributed by atoms with Gasteiger partial charge in [-0.25, -0.2) is 0 Å². The predicted molar refractivity (Wildman–Crippen MR) is 66.3 cm³/mol. The molecule has 0 amide bonds. The molecule has 4 unspecified atom stereocenters. The van der Waals surface area contributed by atoms with Gasteiger partial charge in [-0.15, -0.1) is 0 Å². The van der Waals surface area contributed by atoms with Gasteiger partial charge in [0.25, 0.3) is 0 Å². The Hall–Kier alpha value is -0.980. The second kappa shape index (κ2) is 5.56. The quantitative estimate of drug-likeness (QED) is 0.872. The van der Waals surface area contributed by atoms with E-state index in [9.17, 15) is 5.11 Å². The number of methoxy groups -OCH3 is 1. The molecule has 2 fully saturated rings. The molecule has 0 bridgehead atoms. The Morgan fingerprint density at radius 2 is 2.00 bits per heavy atom.